The number of quaternary nitrogens is 1. The molecule has 0 spiro atoms. The maximum Gasteiger partial charge on any atom is 0.112 e. The first-order valence-corrected chi connectivity index (χ1v) is 7.75. The summed E-state index contributed by atoms with van der Waals surface area (Å²) in [6, 6.07) is 0. The third-order valence-corrected chi connectivity index (χ3v) is 3.63. The quantitative estimate of drug-likeness (QED) is 0.243. The van der Waals surface area contributed by atoms with Crippen LogP contribution in [-0.2, 0) is 9.88 Å². The summed E-state index contributed by atoms with van der Waals surface area (Å²) in [4.78, 5) is 10.3. The van der Waals surface area contributed by atoms with Crippen molar-refractivity contribution < 1.29 is 19.6 Å². The Balaban J connectivity index is 3.87. The molecule has 0 radical (unpaired) electrons. The van der Waals surface area contributed by atoms with Crippen molar-refractivity contribution in [1.82, 2.24) is 0 Å². The van der Waals surface area contributed by atoms with Crippen molar-refractivity contribution in [3.63, 3.8) is 0 Å². The number of hydrogen-bond donors (Lipinski definition) is 1. The van der Waals surface area contributed by atoms with Crippen LogP contribution in [0.4, 0.5) is 0 Å². The zero-order chi connectivity index (χ0) is 14.6. The van der Waals surface area contributed by atoms with E-state index in [1.807, 2.05) is 0 Å². The summed E-state index contributed by atoms with van der Waals surface area (Å²) >= 11 is 0. The molecule has 0 aromatic heterocycles. The van der Waals surface area contributed by atoms with Gasteiger partial charge in [-0.05, 0) is 43.0 Å². The number of rotatable bonds is 13. The van der Waals surface area contributed by atoms with Crippen LogP contribution in [-0.4, -0.2) is 43.6 Å². The Kier molecular flexibility index (Phi) is 11.6. The van der Waals surface area contributed by atoms with Crippen LogP contribution in [0.15, 0.2) is 0 Å². The number of hydroxylamine groups is 3. The van der Waals surface area contributed by atoms with E-state index in [1.54, 1.807) is 7.11 Å². The number of aliphatic hydroxyl groups is 1. The molecule has 116 valence electrons. The Hall–Kier alpha value is -0.160. The standard InChI is InChI=1S/C15H34NO3/c1-5-6-7-9-12-16(3,19-18-4)13-10-8-11-15(2)14-17/h15,17H,5-14H2,1-4H3/q+1. The highest BCUT2D eigenvalue weighted by Gasteiger charge is 2.24. The fourth-order valence-corrected chi connectivity index (χ4v) is 2.27. The molecule has 2 unspecified atom stereocenters. The molecule has 0 aliphatic rings. The number of aliphatic hydroxyl groups excluding tert-OH is 1. The van der Waals surface area contributed by atoms with Crippen molar-refractivity contribution in [3.05, 3.63) is 0 Å². The molecular weight excluding hydrogens is 242 g/mol. The largest absolute Gasteiger partial charge is 0.396 e. The van der Waals surface area contributed by atoms with E-state index >= 15 is 0 Å². The molecule has 0 rings (SSSR count). The molecule has 0 aliphatic carbocycles. The van der Waals surface area contributed by atoms with Gasteiger partial charge in [0.05, 0.1) is 7.11 Å². The van der Waals surface area contributed by atoms with E-state index in [2.05, 4.69) is 20.9 Å². The van der Waals surface area contributed by atoms with Crippen LogP contribution in [0.1, 0.15) is 58.8 Å². The average Bonchev–Trinajstić information content (AvgIpc) is 2.40. The lowest BCUT2D eigenvalue weighted by molar-refractivity contribution is -1.14. The van der Waals surface area contributed by atoms with Crippen LogP contribution >= 0.6 is 0 Å². The summed E-state index contributed by atoms with van der Waals surface area (Å²) in [5.74, 6) is 0.409. The third-order valence-electron chi connectivity index (χ3n) is 3.63. The fourth-order valence-electron chi connectivity index (χ4n) is 2.27. The highest BCUT2D eigenvalue weighted by molar-refractivity contribution is 4.50. The highest BCUT2D eigenvalue weighted by Crippen LogP contribution is 2.14. The summed E-state index contributed by atoms with van der Waals surface area (Å²) in [5, 5.41) is 9.00. The molecule has 0 amide bonds. The predicted octanol–water partition coefficient (Wildman–Crippen LogP) is 3.31. The Morgan fingerprint density at radius 2 is 1.68 bits per heavy atom. The monoisotopic (exact) mass is 276 g/mol. The smallest absolute Gasteiger partial charge is 0.112 e. The third kappa shape index (κ3) is 10.3. The van der Waals surface area contributed by atoms with Gasteiger partial charge in [-0.1, -0.05) is 26.7 Å². The molecule has 0 saturated carbocycles. The van der Waals surface area contributed by atoms with Gasteiger partial charge in [-0.15, -0.1) is 4.65 Å². The molecule has 2 atom stereocenters. The van der Waals surface area contributed by atoms with Gasteiger partial charge in [-0.25, -0.2) is 0 Å². The van der Waals surface area contributed by atoms with Crippen LogP contribution in [0.5, 0.6) is 0 Å². The maximum atomic E-state index is 9.00. The summed E-state index contributed by atoms with van der Waals surface area (Å²) in [6.07, 6.45) is 8.32. The van der Waals surface area contributed by atoms with Gasteiger partial charge < -0.3 is 5.11 Å². The van der Waals surface area contributed by atoms with Crippen LogP contribution in [0.3, 0.4) is 0 Å². The molecule has 0 saturated heterocycles. The Morgan fingerprint density at radius 3 is 2.21 bits per heavy atom. The molecule has 0 heterocycles. The van der Waals surface area contributed by atoms with Gasteiger partial charge in [-0.3, -0.25) is 0 Å². The fraction of sp³-hybridized carbons (Fsp3) is 1.00. The van der Waals surface area contributed by atoms with Crippen LogP contribution in [0.2, 0.25) is 0 Å². The first-order chi connectivity index (χ1) is 9.08. The molecule has 1 N–H and O–H groups in total. The molecule has 0 aromatic rings. The number of unbranched alkanes of at least 4 members (excludes halogenated alkanes) is 4. The van der Waals surface area contributed by atoms with E-state index in [9.17, 15) is 0 Å². The molecule has 0 aromatic carbocycles. The van der Waals surface area contributed by atoms with E-state index in [1.165, 1.54) is 25.7 Å². The van der Waals surface area contributed by atoms with Crippen molar-refractivity contribution >= 4 is 0 Å². The lowest BCUT2D eigenvalue weighted by atomic mass is 10.1. The number of nitrogens with zero attached hydrogens (tertiary/aromatic N) is 1. The molecule has 0 fully saturated rings. The van der Waals surface area contributed by atoms with Crippen molar-refractivity contribution in [1.29, 1.82) is 0 Å². The number of hydrogen-bond acceptors (Lipinski definition) is 3. The van der Waals surface area contributed by atoms with E-state index in [4.69, 9.17) is 15.0 Å². The Labute approximate surface area is 119 Å². The molecule has 0 bridgehead atoms. The van der Waals surface area contributed by atoms with E-state index in [0.717, 1.165) is 32.4 Å². The van der Waals surface area contributed by atoms with Crippen LogP contribution in [0, 0.1) is 5.92 Å². The van der Waals surface area contributed by atoms with E-state index in [-0.39, 0.29) is 6.61 Å². The van der Waals surface area contributed by atoms with Gasteiger partial charge >= 0.3 is 0 Å². The second-order valence-corrected chi connectivity index (χ2v) is 5.83. The zero-order valence-electron chi connectivity index (χ0n) is 13.4. The summed E-state index contributed by atoms with van der Waals surface area (Å²) in [7, 11) is 3.67. The van der Waals surface area contributed by atoms with Crippen LogP contribution in [0.25, 0.3) is 0 Å². The normalized spacial score (nSPS) is 16.3. The molecule has 4 nitrogen and oxygen atoms in total. The van der Waals surface area contributed by atoms with E-state index < -0.39 is 0 Å². The zero-order valence-corrected chi connectivity index (χ0v) is 13.4. The second kappa shape index (κ2) is 11.6. The Morgan fingerprint density at radius 1 is 1.05 bits per heavy atom. The first kappa shape index (κ1) is 18.8. The van der Waals surface area contributed by atoms with Gasteiger partial charge in [0.15, 0.2) is 0 Å². The molecule has 19 heavy (non-hydrogen) atoms. The second-order valence-electron chi connectivity index (χ2n) is 5.83. The van der Waals surface area contributed by atoms with Crippen LogP contribution < -0.4 is 0 Å². The van der Waals surface area contributed by atoms with E-state index in [0.29, 0.717) is 10.6 Å². The van der Waals surface area contributed by atoms with Gasteiger partial charge in [0.2, 0.25) is 0 Å². The predicted molar refractivity (Wildman–Crippen MR) is 78.3 cm³/mol. The molecule has 4 heteroatoms. The molecular formula is C15H34NO3+. The van der Waals surface area contributed by atoms with Gasteiger partial charge in [0.25, 0.3) is 0 Å². The molecule has 0 aliphatic heterocycles. The van der Waals surface area contributed by atoms with Gasteiger partial charge in [-0.2, -0.15) is 4.89 Å². The van der Waals surface area contributed by atoms with Gasteiger partial charge in [0, 0.05) is 6.61 Å². The minimum atomic E-state index is 0.289. The van der Waals surface area contributed by atoms with Crippen molar-refractivity contribution in [3.8, 4) is 0 Å². The first-order valence-electron chi connectivity index (χ1n) is 7.75. The average molecular weight is 276 g/mol. The maximum absolute atomic E-state index is 9.00. The minimum Gasteiger partial charge on any atom is -0.396 e. The van der Waals surface area contributed by atoms with Crippen molar-refractivity contribution in [2.24, 2.45) is 5.92 Å². The summed E-state index contributed by atoms with van der Waals surface area (Å²) in [6.45, 7) is 6.58. The lowest BCUT2D eigenvalue weighted by Gasteiger charge is -2.29. The lowest BCUT2D eigenvalue weighted by Crippen LogP contribution is -2.45. The van der Waals surface area contributed by atoms with Gasteiger partial charge in [0.1, 0.15) is 20.1 Å². The SMILES string of the molecule is CCCCCC[N+](C)(CCCCC(C)CO)OOC. The highest BCUT2D eigenvalue weighted by atomic mass is 17.3. The van der Waals surface area contributed by atoms with Crippen molar-refractivity contribution in [2.45, 2.75) is 58.8 Å². The minimum absolute atomic E-state index is 0.289. The van der Waals surface area contributed by atoms with Crippen molar-refractivity contribution in [2.75, 3.05) is 33.9 Å². The summed E-state index contributed by atoms with van der Waals surface area (Å²) < 4.78 is 0.535. The Bertz CT molecular complexity index is 202. The summed E-state index contributed by atoms with van der Waals surface area (Å²) in [5.41, 5.74) is 0. The topological polar surface area (TPSA) is 38.7 Å².